The van der Waals surface area contributed by atoms with Gasteiger partial charge < -0.3 is 16.0 Å². The summed E-state index contributed by atoms with van der Waals surface area (Å²) in [6, 6.07) is 9.23. The van der Waals surface area contributed by atoms with Crippen molar-refractivity contribution < 1.29 is 9.59 Å². The van der Waals surface area contributed by atoms with Crippen LogP contribution < -0.4 is 16.6 Å². The molecule has 4 rings (SSSR count). The summed E-state index contributed by atoms with van der Waals surface area (Å²) in [5.74, 6) is -0.776. The van der Waals surface area contributed by atoms with Gasteiger partial charge in [-0.2, -0.15) is 0 Å². The maximum Gasteiger partial charge on any atom is 0.292 e. The highest BCUT2D eigenvalue weighted by Gasteiger charge is 2.37. The minimum Gasteiger partial charge on any atom is -0.383 e. The zero-order chi connectivity index (χ0) is 22.1. The Bertz CT molecular complexity index is 1220. The lowest BCUT2D eigenvalue weighted by Gasteiger charge is -2.34. The van der Waals surface area contributed by atoms with Crippen LogP contribution in [0, 0.1) is 18.8 Å². The second kappa shape index (κ2) is 8.34. The monoisotopic (exact) mass is 418 g/mol. The number of anilines is 2. The van der Waals surface area contributed by atoms with Gasteiger partial charge in [0.1, 0.15) is 5.82 Å². The van der Waals surface area contributed by atoms with E-state index in [9.17, 15) is 14.4 Å². The van der Waals surface area contributed by atoms with Crippen molar-refractivity contribution in [2.24, 2.45) is 11.8 Å². The van der Waals surface area contributed by atoms with Gasteiger partial charge in [0.2, 0.25) is 5.78 Å². The fraction of sp³-hybridized carbons (Fsp3) is 0.333. The first-order valence-electron chi connectivity index (χ1n) is 10.5. The number of nitrogens with one attached hydrogen (secondary N) is 2. The maximum atomic E-state index is 13.2. The summed E-state index contributed by atoms with van der Waals surface area (Å²) in [5.41, 5.74) is 7.77. The number of H-pyrrole nitrogens is 1. The molecule has 0 saturated heterocycles. The molecular formula is C24H26N4O3. The van der Waals surface area contributed by atoms with Crippen molar-refractivity contribution in [1.82, 2.24) is 9.97 Å². The number of Topliss-reactive ketones (excluding diaryl/α,β-unsaturated/α-hetero) is 1. The lowest BCUT2D eigenvalue weighted by molar-refractivity contribution is -0.138. The van der Waals surface area contributed by atoms with Crippen LogP contribution in [0.4, 0.5) is 11.5 Å². The molecule has 0 aliphatic heterocycles. The molecular weight excluding hydrogens is 392 g/mol. The molecule has 1 fully saturated rings. The van der Waals surface area contributed by atoms with Gasteiger partial charge in [0.05, 0.1) is 11.9 Å². The van der Waals surface area contributed by atoms with Crippen LogP contribution >= 0.6 is 0 Å². The average Bonchev–Trinajstić information content (AvgIpc) is 2.75. The van der Waals surface area contributed by atoms with Crippen molar-refractivity contribution >= 4 is 34.0 Å². The number of carbonyl (C=O) groups excluding carboxylic acids is 2. The van der Waals surface area contributed by atoms with E-state index in [-0.39, 0.29) is 11.5 Å². The van der Waals surface area contributed by atoms with E-state index in [0.717, 1.165) is 29.4 Å². The lowest BCUT2D eigenvalue weighted by atomic mass is 9.69. The summed E-state index contributed by atoms with van der Waals surface area (Å²) in [6.45, 7) is 3.91. The van der Waals surface area contributed by atoms with Crippen LogP contribution in [0.25, 0.3) is 10.8 Å². The van der Waals surface area contributed by atoms with Gasteiger partial charge in [-0.15, -0.1) is 0 Å². The fourth-order valence-corrected chi connectivity index (χ4v) is 4.53. The summed E-state index contributed by atoms with van der Waals surface area (Å²) >= 11 is 0. The molecule has 0 spiro atoms. The molecule has 2 heterocycles. The third kappa shape index (κ3) is 4.21. The molecule has 1 aliphatic rings. The average molecular weight is 418 g/mol. The first-order valence-corrected chi connectivity index (χ1v) is 10.5. The van der Waals surface area contributed by atoms with Crippen LogP contribution in [0.5, 0.6) is 0 Å². The van der Waals surface area contributed by atoms with Crippen LogP contribution in [0.3, 0.4) is 0 Å². The number of pyridine rings is 2. The Labute approximate surface area is 180 Å². The number of amides is 1. The number of aromatic amines is 1. The molecule has 1 saturated carbocycles. The minimum atomic E-state index is -0.632. The maximum absolute atomic E-state index is 13.2. The molecule has 7 nitrogen and oxygen atoms in total. The smallest absolute Gasteiger partial charge is 0.292 e. The number of aromatic nitrogens is 2. The first-order chi connectivity index (χ1) is 14.8. The molecule has 1 aromatic carbocycles. The molecule has 2 aromatic heterocycles. The highest BCUT2D eigenvalue weighted by Crippen LogP contribution is 2.41. The second-order valence-corrected chi connectivity index (χ2v) is 8.53. The number of fused-ring (bicyclic) bond motifs is 1. The number of carbonyl (C=O) groups is 2. The molecule has 0 radical (unpaired) electrons. The van der Waals surface area contributed by atoms with E-state index >= 15 is 0 Å². The summed E-state index contributed by atoms with van der Waals surface area (Å²) in [4.78, 5) is 44.7. The molecule has 160 valence electrons. The summed E-state index contributed by atoms with van der Waals surface area (Å²) in [7, 11) is 0. The molecule has 1 amide bonds. The lowest BCUT2D eigenvalue weighted by Crippen LogP contribution is -2.36. The number of nitrogens with zero attached hydrogens (tertiary/aromatic N) is 1. The molecule has 3 aromatic rings. The van der Waals surface area contributed by atoms with E-state index in [1.807, 2.05) is 18.2 Å². The number of hydrogen-bond donors (Lipinski definition) is 3. The molecule has 3 atom stereocenters. The topological polar surface area (TPSA) is 118 Å². The number of nitrogens with two attached hydrogens (primary N) is 1. The molecule has 31 heavy (non-hydrogen) atoms. The van der Waals surface area contributed by atoms with Gasteiger partial charge in [0.15, 0.2) is 0 Å². The molecule has 1 aliphatic carbocycles. The standard InChI is InChI=1S/C24H26N4O3/c1-13-3-5-18(15-4-6-19-16(11-15)7-8-26-23(19)30)20(9-13)21(29)24(31)28-17-10-14(2)22(25)27-12-17/h4,6-8,10-13,18,20H,3,5,9H2,1-2H3,(H2,25,27)(H,26,30)(H,28,31)/t13-,18+,20?/m0/s1. The Morgan fingerprint density at radius 2 is 2.00 bits per heavy atom. The van der Waals surface area contributed by atoms with E-state index in [2.05, 4.69) is 22.2 Å². The van der Waals surface area contributed by atoms with E-state index < -0.39 is 17.6 Å². The second-order valence-electron chi connectivity index (χ2n) is 8.53. The Hall–Kier alpha value is -3.48. The number of benzene rings is 1. The van der Waals surface area contributed by atoms with Gasteiger partial charge in [0.25, 0.3) is 11.5 Å². The Kier molecular flexibility index (Phi) is 5.59. The van der Waals surface area contributed by atoms with Crippen LogP contribution in [0.2, 0.25) is 0 Å². The molecule has 0 bridgehead atoms. The number of nitrogen functional groups attached to an aromatic ring is 1. The summed E-state index contributed by atoms with van der Waals surface area (Å²) in [6.07, 6.45) is 5.54. The van der Waals surface area contributed by atoms with Gasteiger partial charge in [-0.05, 0) is 66.3 Å². The van der Waals surface area contributed by atoms with Gasteiger partial charge in [-0.25, -0.2) is 4.98 Å². The van der Waals surface area contributed by atoms with Gasteiger partial charge in [0, 0.05) is 17.5 Å². The minimum absolute atomic E-state index is 0.0654. The van der Waals surface area contributed by atoms with Crippen molar-refractivity contribution in [3.63, 3.8) is 0 Å². The highest BCUT2D eigenvalue weighted by molar-refractivity contribution is 6.41. The largest absolute Gasteiger partial charge is 0.383 e. The summed E-state index contributed by atoms with van der Waals surface area (Å²) in [5, 5.41) is 4.12. The summed E-state index contributed by atoms with van der Waals surface area (Å²) < 4.78 is 0. The van der Waals surface area contributed by atoms with Gasteiger partial charge in [-0.3, -0.25) is 14.4 Å². The van der Waals surface area contributed by atoms with E-state index in [0.29, 0.717) is 29.2 Å². The number of aryl methyl sites for hydroxylation is 1. The third-order valence-electron chi connectivity index (χ3n) is 6.28. The van der Waals surface area contributed by atoms with E-state index in [1.165, 1.54) is 6.20 Å². The van der Waals surface area contributed by atoms with Crippen molar-refractivity contribution in [3.05, 3.63) is 64.2 Å². The Morgan fingerprint density at radius 3 is 2.77 bits per heavy atom. The van der Waals surface area contributed by atoms with Crippen LogP contribution in [-0.2, 0) is 9.59 Å². The third-order valence-corrected chi connectivity index (χ3v) is 6.28. The van der Waals surface area contributed by atoms with Crippen molar-refractivity contribution in [2.75, 3.05) is 11.1 Å². The molecule has 7 heteroatoms. The highest BCUT2D eigenvalue weighted by atomic mass is 16.2. The van der Waals surface area contributed by atoms with Crippen LogP contribution in [0.15, 0.2) is 47.5 Å². The van der Waals surface area contributed by atoms with Crippen molar-refractivity contribution in [1.29, 1.82) is 0 Å². The van der Waals surface area contributed by atoms with E-state index in [1.54, 1.807) is 25.3 Å². The molecule has 4 N–H and O–H groups in total. The SMILES string of the molecule is Cc1cc(NC(=O)C(=O)C2C[C@@H](C)CC[C@@H]2c2ccc3c(=O)[nH]ccc3c2)cnc1N. The van der Waals surface area contributed by atoms with Crippen LogP contribution in [0.1, 0.15) is 43.2 Å². The van der Waals surface area contributed by atoms with Gasteiger partial charge >= 0.3 is 0 Å². The van der Waals surface area contributed by atoms with Crippen molar-refractivity contribution in [2.45, 2.75) is 39.0 Å². The predicted molar refractivity (Wildman–Crippen MR) is 121 cm³/mol. The zero-order valence-corrected chi connectivity index (χ0v) is 17.6. The molecule has 1 unspecified atom stereocenters. The van der Waals surface area contributed by atoms with Gasteiger partial charge in [-0.1, -0.05) is 25.5 Å². The Morgan fingerprint density at radius 1 is 1.19 bits per heavy atom. The normalized spacial score (nSPS) is 21.0. The quantitative estimate of drug-likeness (QED) is 0.560. The number of rotatable bonds is 4. The number of ketones is 1. The van der Waals surface area contributed by atoms with Crippen molar-refractivity contribution in [3.8, 4) is 0 Å². The predicted octanol–water partition coefficient (Wildman–Crippen LogP) is 3.54. The van der Waals surface area contributed by atoms with E-state index in [4.69, 9.17) is 5.73 Å². The Balaban J connectivity index is 1.61. The zero-order valence-electron chi connectivity index (χ0n) is 17.6. The van der Waals surface area contributed by atoms with Crippen LogP contribution in [-0.4, -0.2) is 21.7 Å². The number of hydrogen-bond acceptors (Lipinski definition) is 5. The first kappa shape index (κ1) is 20.8. The fourth-order valence-electron chi connectivity index (χ4n) is 4.53.